The average Bonchev–Trinajstić information content (AvgIpc) is 3.19. The Morgan fingerprint density at radius 2 is 2.03 bits per heavy atom. The maximum absolute atomic E-state index is 12.9. The summed E-state index contributed by atoms with van der Waals surface area (Å²) in [6, 6.07) is 15.6. The maximum atomic E-state index is 12.9. The maximum Gasteiger partial charge on any atom is 0.254 e. The number of rotatable bonds is 7. The number of benzene rings is 1. The molecule has 4 rings (SSSR count). The third-order valence-corrected chi connectivity index (χ3v) is 6.81. The van der Waals surface area contributed by atoms with E-state index >= 15 is 0 Å². The van der Waals surface area contributed by atoms with Gasteiger partial charge in [0.05, 0.1) is 18.5 Å². The largest absolute Gasteiger partial charge is 0.371 e. The summed E-state index contributed by atoms with van der Waals surface area (Å²) in [5, 5.41) is 13.2. The van der Waals surface area contributed by atoms with Gasteiger partial charge in [0.15, 0.2) is 0 Å². The molecule has 0 spiro atoms. The van der Waals surface area contributed by atoms with Crippen LogP contribution in [0.1, 0.15) is 27.1 Å². The first kappa shape index (κ1) is 22.6. The normalized spacial score (nSPS) is 13.6. The van der Waals surface area contributed by atoms with Gasteiger partial charge in [-0.25, -0.2) is 0 Å². The highest BCUT2D eigenvalue weighted by molar-refractivity contribution is 7.16. The number of hydrogen-bond donors (Lipinski definition) is 1. The Morgan fingerprint density at radius 1 is 1.24 bits per heavy atom. The van der Waals surface area contributed by atoms with Gasteiger partial charge in [-0.1, -0.05) is 36.4 Å². The Labute approximate surface area is 196 Å². The van der Waals surface area contributed by atoms with Crippen LogP contribution >= 0.6 is 11.3 Å². The fourth-order valence-corrected chi connectivity index (χ4v) is 5.13. The fourth-order valence-electron chi connectivity index (χ4n) is 3.92. The summed E-state index contributed by atoms with van der Waals surface area (Å²) < 4.78 is 5.42. The number of carbonyl (C=O) groups excluding carboxylic acids is 2. The number of anilines is 1. The number of methoxy groups -OCH3 is 1. The van der Waals surface area contributed by atoms with Crippen LogP contribution in [0.5, 0.6) is 0 Å². The fraction of sp³-hybridized carbons (Fsp3) is 0.280. The lowest BCUT2D eigenvalue weighted by Crippen LogP contribution is -2.36. The lowest BCUT2D eigenvalue weighted by Gasteiger charge is -2.27. The molecular formula is C25H24N4O3S. The number of nitriles is 1. The van der Waals surface area contributed by atoms with Gasteiger partial charge >= 0.3 is 0 Å². The van der Waals surface area contributed by atoms with Crippen molar-refractivity contribution in [1.29, 1.82) is 5.26 Å². The molecule has 0 fully saturated rings. The Morgan fingerprint density at radius 3 is 2.73 bits per heavy atom. The molecule has 1 atom stereocenters. The molecule has 1 N–H and O–H groups in total. The smallest absolute Gasteiger partial charge is 0.254 e. The Kier molecular flexibility index (Phi) is 7.13. The van der Waals surface area contributed by atoms with Gasteiger partial charge in [-0.05, 0) is 29.2 Å². The van der Waals surface area contributed by atoms with E-state index in [9.17, 15) is 14.9 Å². The number of nitrogens with zero attached hydrogens (tertiary/aromatic N) is 3. The predicted octanol–water partition coefficient (Wildman–Crippen LogP) is 3.34. The molecule has 1 aromatic carbocycles. The van der Waals surface area contributed by atoms with Crippen LogP contribution in [0.15, 0.2) is 54.9 Å². The number of ether oxygens (including phenoxy) is 1. The zero-order valence-corrected chi connectivity index (χ0v) is 19.1. The highest BCUT2D eigenvalue weighted by Gasteiger charge is 2.28. The molecule has 33 heavy (non-hydrogen) atoms. The summed E-state index contributed by atoms with van der Waals surface area (Å²) in [6.45, 7) is 0.973. The van der Waals surface area contributed by atoms with Gasteiger partial charge in [0.2, 0.25) is 5.91 Å². The molecule has 1 aliphatic rings. The topological polar surface area (TPSA) is 95.3 Å². The molecule has 7 nitrogen and oxygen atoms in total. The zero-order valence-electron chi connectivity index (χ0n) is 18.3. The molecule has 3 aromatic rings. The first-order valence-corrected chi connectivity index (χ1v) is 11.5. The second-order valence-electron chi connectivity index (χ2n) is 7.83. The van der Waals surface area contributed by atoms with Crippen LogP contribution in [0.3, 0.4) is 0 Å². The molecule has 2 amide bonds. The van der Waals surface area contributed by atoms with Gasteiger partial charge < -0.3 is 15.0 Å². The van der Waals surface area contributed by atoms with Crippen molar-refractivity contribution in [3.63, 3.8) is 0 Å². The molecule has 2 aromatic heterocycles. The number of amides is 2. The standard InChI is InChI=1S/C25H24N4O3S/c1-32-21(12-17-6-3-2-4-7-17)24(31)28-25-20(14-26)19-9-11-29(16-22(19)33-25)23(30)13-18-8-5-10-27-15-18/h2-8,10,15,21H,9,11-13,16H2,1H3,(H,28,31). The van der Waals surface area contributed by atoms with E-state index in [0.29, 0.717) is 36.5 Å². The third kappa shape index (κ3) is 5.28. The predicted molar refractivity (Wildman–Crippen MR) is 126 cm³/mol. The van der Waals surface area contributed by atoms with Crippen molar-refractivity contribution in [3.05, 3.63) is 82.0 Å². The summed E-state index contributed by atoms with van der Waals surface area (Å²) in [5.41, 5.74) is 3.26. The van der Waals surface area contributed by atoms with Crippen molar-refractivity contribution >= 4 is 28.2 Å². The Bertz CT molecular complexity index is 1170. The van der Waals surface area contributed by atoms with Gasteiger partial charge in [0.25, 0.3) is 5.91 Å². The van der Waals surface area contributed by atoms with Crippen LogP contribution in [0.2, 0.25) is 0 Å². The van der Waals surface area contributed by atoms with Gasteiger partial charge in [-0.3, -0.25) is 14.6 Å². The number of nitrogens with one attached hydrogen (secondary N) is 1. The molecular weight excluding hydrogens is 436 g/mol. The number of thiophene rings is 1. The van der Waals surface area contributed by atoms with E-state index in [1.807, 2.05) is 42.5 Å². The van der Waals surface area contributed by atoms with Gasteiger partial charge in [0.1, 0.15) is 17.2 Å². The molecule has 0 aliphatic carbocycles. The molecule has 1 aliphatic heterocycles. The van der Waals surface area contributed by atoms with Crippen molar-refractivity contribution in [2.45, 2.75) is 31.9 Å². The molecule has 1 unspecified atom stereocenters. The van der Waals surface area contributed by atoms with Crippen molar-refractivity contribution in [2.24, 2.45) is 0 Å². The van der Waals surface area contributed by atoms with E-state index in [0.717, 1.165) is 21.6 Å². The van der Waals surface area contributed by atoms with Crippen molar-refractivity contribution in [2.75, 3.05) is 19.0 Å². The first-order valence-electron chi connectivity index (χ1n) is 10.7. The monoisotopic (exact) mass is 460 g/mol. The van der Waals surface area contributed by atoms with E-state index in [1.54, 1.807) is 17.3 Å². The quantitative estimate of drug-likeness (QED) is 0.584. The van der Waals surface area contributed by atoms with Crippen LogP contribution in [0.25, 0.3) is 0 Å². The summed E-state index contributed by atoms with van der Waals surface area (Å²) in [7, 11) is 1.50. The average molecular weight is 461 g/mol. The number of aromatic nitrogens is 1. The number of fused-ring (bicyclic) bond motifs is 1. The van der Waals surface area contributed by atoms with Crippen LogP contribution in [0, 0.1) is 11.3 Å². The number of hydrogen-bond acceptors (Lipinski definition) is 6. The Balaban J connectivity index is 1.46. The highest BCUT2D eigenvalue weighted by Crippen LogP contribution is 2.37. The zero-order chi connectivity index (χ0) is 23.2. The molecule has 0 saturated heterocycles. The van der Waals surface area contributed by atoms with E-state index in [2.05, 4.69) is 16.4 Å². The third-order valence-electron chi connectivity index (χ3n) is 5.68. The SMILES string of the molecule is COC(Cc1ccccc1)C(=O)Nc1sc2c(c1C#N)CCN(C(=O)Cc1cccnc1)C2. The Hall–Kier alpha value is -3.54. The van der Waals surface area contributed by atoms with Gasteiger partial charge in [0, 0.05) is 37.3 Å². The van der Waals surface area contributed by atoms with Gasteiger partial charge in [-0.15, -0.1) is 11.3 Å². The minimum absolute atomic E-state index is 0.0217. The van der Waals surface area contributed by atoms with Crippen molar-refractivity contribution < 1.29 is 14.3 Å². The summed E-state index contributed by atoms with van der Waals surface area (Å²) in [4.78, 5) is 32.5. The van der Waals surface area contributed by atoms with Crippen LogP contribution in [-0.2, 0) is 40.1 Å². The molecule has 168 valence electrons. The van der Waals surface area contributed by atoms with E-state index < -0.39 is 6.10 Å². The number of pyridine rings is 1. The summed E-state index contributed by atoms with van der Waals surface area (Å²) >= 11 is 1.36. The minimum Gasteiger partial charge on any atom is -0.371 e. The van der Waals surface area contributed by atoms with E-state index in [-0.39, 0.29) is 18.2 Å². The summed E-state index contributed by atoms with van der Waals surface area (Å²) in [5.74, 6) is -0.269. The lowest BCUT2D eigenvalue weighted by molar-refractivity contribution is -0.131. The highest BCUT2D eigenvalue weighted by atomic mass is 32.1. The number of carbonyl (C=O) groups is 2. The molecule has 0 radical (unpaired) electrons. The molecule has 0 saturated carbocycles. The lowest BCUT2D eigenvalue weighted by atomic mass is 10.0. The first-order chi connectivity index (χ1) is 16.1. The second-order valence-corrected chi connectivity index (χ2v) is 8.93. The van der Waals surface area contributed by atoms with Crippen molar-refractivity contribution in [3.8, 4) is 6.07 Å². The van der Waals surface area contributed by atoms with E-state index in [4.69, 9.17) is 4.74 Å². The molecule has 0 bridgehead atoms. The van der Waals surface area contributed by atoms with E-state index in [1.165, 1.54) is 18.4 Å². The summed E-state index contributed by atoms with van der Waals surface area (Å²) in [6.07, 6.45) is 4.02. The van der Waals surface area contributed by atoms with Crippen LogP contribution in [0.4, 0.5) is 5.00 Å². The van der Waals surface area contributed by atoms with Crippen molar-refractivity contribution in [1.82, 2.24) is 9.88 Å². The molecule has 3 heterocycles. The van der Waals surface area contributed by atoms with Gasteiger partial charge in [-0.2, -0.15) is 5.26 Å². The minimum atomic E-state index is -0.671. The van der Waals surface area contributed by atoms with Crippen LogP contribution in [-0.4, -0.2) is 41.5 Å². The van der Waals surface area contributed by atoms with Crippen LogP contribution < -0.4 is 5.32 Å². The second kappa shape index (κ2) is 10.4. The molecule has 8 heteroatoms.